The molecule has 3 aromatic rings. The smallest absolute Gasteiger partial charge is 0.161 e. The second-order valence-corrected chi connectivity index (χ2v) is 6.13. The van der Waals surface area contributed by atoms with Crippen LogP contribution >= 0.6 is 23.2 Å². The molecule has 0 radical (unpaired) electrons. The average molecular weight is 374 g/mol. The molecule has 0 saturated carbocycles. The summed E-state index contributed by atoms with van der Waals surface area (Å²) in [6.07, 6.45) is 1.47. The maximum atomic E-state index is 6.33. The van der Waals surface area contributed by atoms with Crippen LogP contribution in [0.4, 0.5) is 28.7 Å². The lowest BCUT2D eigenvalue weighted by atomic mass is 10.2. The lowest BCUT2D eigenvalue weighted by Crippen LogP contribution is -2.19. The zero-order valence-corrected chi connectivity index (χ0v) is 15.1. The minimum absolute atomic E-state index is 0.434. The van der Waals surface area contributed by atoms with Crippen LogP contribution in [-0.2, 0) is 0 Å². The number of nitrogens with two attached hydrogens (primary N) is 1. The van der Waals surface area contributed by atoms with Crippen molar-refractivity contribution in [3.8, 4) is 0 Å². The van der Waals surface area contributed by atoms with E-state index < -0.39 is 0 Å². The van der Waals surface area contributed by atoms with Gasteiger partial charge in [-0.3, -0.25) is 0 Å². The largest absolute Gasteiger partial charge is 0.393 e. The fraction of sp³-hybridized carbons (Fsp3) is 0.111. The van der Waals surface area contributed by atoms with E-state index >= 15 is 0 Å². The van der Waals surface area contributed by atoms with Crippen LogP contribution in [0.25, 0.3) is 0 Å². The van der Waals surface area contributed by atoms with Crippen LogP contribution < -0.4 is 16.0 Å². The Bertz CT molecular complexity index is 871. The highest BCUT2D eigenvalue weighted by Crippen LogP contribution is 2.34. The van der Waals surface area contributed by atoms with Crippen molar-refractivity contribution >= 4 is 51.9 Å². The molecule has 0 aliphatic rings. The number of nitrogen functional groups attached to an aromatic ring is 1. The number of benzene rings is 2. The monoisotopic (exact) mass is 373 g/mol. The molecule has 0 unspecified atom stereocenters. The first-order valence-electron chi connectivity index (χ1n) is 7.75. The van der Waals surface area contributed by atoms with Gasteiger partial charge in [0.15, 0.2) is 11.6 Å². The molecule has 7 heteroatoms. The Kier molecular flexibility index (Phi) is 5.26. The first-order valence-corrected chi connectivity index (χ1v) is 8.51. The molecule has 1 aromatic heterocycles. The van der Waals surface area contributed by atoms with Crippen LogP contribution in [-0.4, -0.2) is 16.5 Å². The zero-order valence-electron chi connectivity index (χ0n) is 13.6. The summed E-state index contributed by atoms with van der Waals surface area (Å²) < 4.78 is 0. The molecule has 0 fully saturated rings. The van der Waals surface area contributed by atoms with Crippen molar-refractivity contribution < 1.29 is 0 Å². The highest BCUT2D eigenvalue weighted by molar-refractivity contribution is 6.35. The van der Waals surface area contributed by atoms with E-state index in [9.17, 15) is 0 Å². The molecule has 3 N–H and O–H groups in total. The van der Waals surface area contributed by atoms with Gasteiger partial charge in [-0.1, -0.05) is 41.4 Å². The molecule has 1 heterocycles. The third kappa shape index (κ3) is 3.78. The molecule has 0 spiro atoms. The van der Waals surface area contributed by atoms with Crippen LogP contribution in [0.15, 0.2) is 54.9 Å². The molecular weight excluding hydrogens is 357 g/mol. The van der Waals surface area contributed by atoms with E-state index in [0.717, 1.165) is 5.69 Å². The van der Waals surface area contributed by atoms with E-state index in [0.29, 0.717) is 39.6 Å². The van der Waals surface area contributed by atoms with Crippen molar-refractivity contribution in [1.29, 1.82) is 0 Å². The van der Waals surface area contributed by atoms with Gasteiger partial charge >= 0.3 is 0 Å². The van der Waals surface area contributed by atoms with Gasteiger partial charge in [0.1, 0.15) is 12.0 Å². The van der Waals surface area contributed by atoms with Crippen LogP contribution in [0, 0.1) is 0 Å². The van der Waals surface area contributed by atoms with Crippen molar-refractivity contribution in [2.75, 3.05) is 22.5 Å². The number of anilines is 5. The molecule has 128 valence electrons. The van der Waals surface area contributed by atoms with E-state index in [1.54, 1.807) is 18.2 Å². The molecule has 3 rings (SSSR count). The number of aromatic nitrogens is 2. The Morgan fingerprint density at radius 3 is 2.56 bits per heavy atom. The van der Waals surface area contributed by atoms with Crippen LogP contribution in [0.2, 0.25) is 10.0 Å². The number of hydrogen-bond acceptors (Lipinski definition) is 5. The first kappa shape index (κ1) is 17.3. The number of rotatable bonds is 5. The summed E-state index contributed by atoms with van der Waals surface area (Å²) in [6.45, 7) is 2.75. The van der Waals surface area contributed by atoms with Crippen molar-refractivity contribution in [3.63, 3.8) is 0 Å². The van der Waals surface area contributed by atoms with Crippen molar-refractivity contribution in [2.24, 2.45) is 0 Å². The first-order chi connectivity index (χ1) is 12.1. The Balaban J connectivity index is 1.98. The van der Waals surface area contributed by atoms with E-state index in [1.165, 1.54) is 6.33 Å². The minimum atomic E-state index is 0.434. The van der Waals surface area contributed by atoms with Gasteiger partial charge in [0, 0.05) is 17.3 Å². The third-order valence-corrected chi connectivity index (χ3v) is 4.25. The zero-order chi connectivity index (χ0) is 17.8. The number of nitrogens with zero attached hydrogens (tertiary/aromatic N) is 3. The van der Waals surface area contributed by atoms with Crippen LogP contribution in [0.1, 0.15) is 6.92 Å². The minimum Gasteiger partial charge on any atom is -0.393 e. The van der Waals surface area contributed by atoms with Crippen LogP contribution in [0.3, 0.4) is 0 Å². The van der Waals surface area contributed by atoms with Gasteiger partial charge in [-0.2, -0.15) is 0 Å². The normalized spacial score (nSPS) is 10.5. The summed E-state index contributed by atoms with van der Waals surface area (Å²) >= 11 is 12.2. The average Bonchev–Trinajstić information content (AvgIpc) is 2.63. The fourth-order valence-electron chi connectivity index (χ4n) is 2.48. The van der Waals surface area contributed by atoms with Gasteiger partial charge < -0.3 is 16.0 Å². The van der Waals surface area contributed by atoms with Gasteiger partial charge in [-0.05, 0) is 37.3 Å². The summed E-state index contributed by atoms with van der Waals surface area (Å²) in [5.41, 5.74) is 8.40. The SMILES string of the molecule is CCN(c1ccccc1)c1ncnc(Nc2cc(Cl)ccc2Cl)c1N. The molecular formula is C18H17Cl2N5. The summed E-state index contributed by atoms with van der Waals surface area (Å²) in [5, 5.41) is 4.23. The van der Waals surface area contributed by atoms with E-state index in [2.05, 4.69) is 15.3 Å². The molecule has 0 aliphatic carbocycles. The molecule has 0 saturated heterocycles. The molecule has 0 bridgehead atoms. The summed E-state index contributed by atoms with van der Waals surface area (Å²) in [7, 11) is 0. The third-order valence-electron chi connectivity index (χ3n) is 3.68. The number of para-hydroxylation sites is 1. The van der Waals surface area contributed by atoms with Gasteiger partial charge in [-0.15, -0.1) is 0 Å². The van der Waals surface area contributed by atoms with Crippen LogP contribution in [0.5, 0.6) is 0 Å². The van der Waals surface area contributed by atoms with Crippen molar-refractivity contribution in [3.05, 3.63) is 64.9 Å². The topological polar surface area (TPSA) is 67.1 Å². The predicted octanol–water partition coefficient (Wildman–Crippen LogP) is 5.27. The fourth-order valence-corrected chi connectivity index (χ4v) is 2.82. The van der Waals surface area contributed by atoms with Crippen molar-refractivity contribution in [1.82, 2.24) is 9.97 Å². The number of hydrogen-bond donors (Lipinski definition) is 2. The quantitative estimate of drug-likeness (QED) is 0.637. The van der Waals surface area contributed by atoms with E-state index in [1.807, 2.05) is 42.2 Å². The Morgan fingerprint density at radius 1 is 1.08 bits per heavy atom. The second kappa shape index (κ2) is 7.59. The van der Waals surface area contributed by atoms with Gasteiger partial charge in [0.25, 0.3) is 0 Å². The van der Waals surface area contributed by atoms with Crippen molar-refractivity contribution in [2.45, 2.75) is 6.92 Å². The van der Waals surface area contributed by atoms with Gasteiger partial charge in [0.05, 0.1) is 10.7 Å². The lowest BCUT2D eigenvalue weighted by molar-refractivity contribution is 0.980. The maximum absolute atomic E-state index is 6.33. The Morgan fingerprint density at radius 2 is 1.84 bits per heavy atom. The highest BCUT2D eigenvalue weighted by Gasteiger charge is 2.16. The summed E-state index contributed by atoms with van der Waals surface area (Å²) in [5.74, 6) is 1.10. The molecule has 0 aliphatic heterocycles. The van der Waals surface area contributed by atoms with E-state index in [4.69, 9.17) is 28.9 Å². The van der Waals surface area contributed by atoms with E-state index in [-0.39, 0.29) is 0 Å². The summed E-state index contributed by atoms with van der Waals surface area (Å²) in [6, 6.07) is 15.1. The highest BCUT2D eigenvalue weighted by atomic mass is 35.5. The maximum Gasteiger partial charge on any atom is 0.161 e. The summed E-state index contributed by atoms with van der Waals surface area (Å²) in [4.78, 5) is 10.6. The number of halogens is 2. The molecule has 5 nitrogen and oxygen atoms in total. The lowest BCUT2D eigenvalue weighted by Gasteiger charge is -2.24. The Hall–Kier alpha value is -2.50. The van der Waals surface area contributed by atoms with Gasteiger partial charge in [0.2, 0.25) is 0 Å². The predicted molar refractivity (Wildman–Crippen MR) is 105 cm³/mol. The molecule has 0 atom stereocenters. The molecule has 25 heavy (non-hydrogen) atoms. The van der Waals surface area contributed by atoms with Gasteiger partial charge in [-0.25, -0.2) is 9.97 Å². The standard InChI is InChI=1S/C18H17Cl2N5/c1-2-25(13-6-4-3-5-7-13)18-16(21)17(22-11-23-18)24-15-10-12(19)8-9-14(15)20/h3-11H,2,21H2,1H3,(H,22,23,24). The second-order valence-electron chi connectivity index (χ2n) is 5.29. The number of nitrogens with one attached hydrogen (secondary N) is 1. The Labute approximate surface area is 156 Å². The molecule has 0 amide bonds. The molecule has 2 aromatic carbocycles.